The van der Waals surface area contributed by atoms with Gasteiger partial charge in [-0.2, -0.15) is 0 Å². The predicted octanol–water partition coefficient (Wildman–Crippen LogP) is 0.376. The molecular formula is C10H19N3O3. The smallest absolute Gasteiger partial charge is 0.410 e. The summed E-state index contributed by atoms with van der Waals surface area (Å²) in [4.78, 5) is 24.6. The highest BCUT2D eigenvalue weighted by atomic mass is 16.6. The number of carbonyl (C=O) groups is 2. The topological polar surface area (TPSA) is 84.7 Å². The average molecular weight is 229 g/mol. The van der Waals surface area contributed by atoms with Gasteiger partial charge in [0.15, 0.2) is 0 Å². The summed E-state index contributed by atoms with van der Waals surface area (Å²) in [5.74, 6) is 4.72. The van der Waals surface area contributed by atoms with Gasteiger partial charge in [0.25, 0.3) is 5.91 Å². The van der Waals surface area contributed by atoms with Crippen molar-refractivity contribution in [3.8, 4) is 0 Å². The first-order valence-corrected chi connectivity index (χ1v) is 5.35. The first kappa shape index (κ1) is 12.8. The van der Waals surface area contributed by atoms with E-state index >= 15 is 0 Å². The summed E-state index contributed by atoms with van der Waals surface area (Å²) in [6.45, 7) is 5.91. The first-order chi connectivity index (χ1) is 7.35. The van der Waals surface area contributed by atoms with Gasteiger partial charge in [0, 0.05) is 6.54 Å². The summed E-state index contributed by atoms with van der Waals surface area (Å²) >= 11 is 0. The largest absolute Gasteiger partial charge is 0.444 e. The molecule has 1 aliphatic rings. The molecule has 1 heterocycles. The van der Waals surface area contributed by atoms with E-state index < -0.39 is 17.7 Å². The van der Waals surface area contributed by atoms with Crippen LogP contribution >= 0.6 is 0 Å². The highest BCUT2D eigenvalue weighted by Gasteiger charge is 2.36. The quantitative estimate of drug-likeness (QED) is 0.386. The molecule has 0 aromatic rings. The minimum Gasteiger partial charge on any atom is -0.444 e. The minimum absolute atomic E-state index is 0.344. The van der Waals surface area contributed by atoms with Crippen LogP contribution in [-0.4, -0.2) is 35.1 Å². The molecule has 0 saturated carbocycles. The lowest BCUT2D eigenvalue weighted by Gasteiger charge is -2.27. The average Bonchev–Trinajstić information content (AvgIpc) is 2.62. The third-order valence-corrected chi connectivity index (χ3v) is 2.33. The summed E-state index contributed by atoms with van der Waals surface area (Å²) in [5, 5.41) is 0. The Hall–Kier alpha value is -1.30. The summed E-state index contributed by atoms with van der Waals surface area (Å²) in [5.41, 5.74) is 1.51. The summed E-state index contributed by atoms with van der Waals surface area (Å²) in [6, 6.07) is -0.500. The molecule has 1 atom stereocenters. The zero-order valence-corrected chi connectivity index (χ0v) is 9.95. The van der Waals surface area contributed by atoms with Crippen molar-refractivity contribution in [1.82, 2.24) is 10.3 Å². The van der Waals surface area contributed by atoms with Crippen LogP contribution in [0.1, 0.15) is 33.6 Å². The fourth-order valence-electron chi connectivity index (χ4n) is 1.67. The number of nitrogens with one attached hydrogen (secondary N) is 1. The van der Waals surface area contributed by atoms with E-state index in [0.29, 0.717) is 13.0 Å². The Balaban J connectivity index is 2.65. The molecule has 1 aliphatic heterocycles. The van der Waals surface area contributed by atoms with Gasteiger partial charge in [0.1, 0.15) is 11.6 Å². The molecule has 1 rings (SSSR count). The minimum atomic E-state index is -0.552. The van der Waals surface area contributed by atoms with Gasteiger partial charge >= 0.3 is 6.09 Å². The summed E-state index contributed by atoms with van der Waals surface area (Å²) in [7, 11) is 0. The molecule has 6 heteroatoms. The van der Waals surface area contributed by atoms with E-state index in [2.05, 4.69) is 5.43 Å². The van der Waals surface area contributed by atoms with Crippen LogP contribution in [0.3, 0.4) is 0 Å². The van der Waals surface area contributed by atoms with E-state index in [-0.39, 0.29) is 5.91 Å². The fourth-order valence-corrected chi connectivity index (χ4v) is 1.67. The van der Waals surface area contributed by atoms with Crippen molar-refractivity contribution in [2.45, 2.75) is 45.3 Å². The second-order valence-electron chi connectivity index (χ2n) is 4.84. The molecule has 0 radical (unpaired) electrons. The van der Waals surface area contributed by atoms with E-state index in [0.717, 1.165) is 6.42 Å². The third-order valence-electron chi connectivity index (χ3n) is 2.33. The maximum Gasteiger partial charge on any atom is 0.410 e. The van der Waals surface area contributed by atoms with Crippen molar-refractivity contribution in [1.29, 1.82) is 0 Å². The van der Waals surface area contributed by atoms with Gasteiger partial charge in [-0.15, -0.1) is 0 Å². The van der Waals surface area contributed by atoms with Gasteiger partial charge in [-0.3, -0.25) is 15.1 Å². The van der Waals surface area contributed by atoms with Crippen LogP contribution in [0.4, 0.5) is 4.79 Å². The highest BCUT2D eigenvalue weighted by molar-refractivity contribution is 5.85. The number of nitrogens with zero attached hydrogens (tertiary/aromatic N) is 1. The molecule has 0 aliphatic carbocycles. The number of ether oxygens (including phenoxy) is 1. The van der Waals surface area contributed by atoms with Crippen LogP contribution in [-0.2, 0) is 9.53 Å². The third kappa shape index (κ3) is 3.10. The zero-order chi connectivity index (χ0) is 12.3. The Morgan fingerprint density at radius 3 is 2.56 bits per heavy atom. The predicted molar refractivity (Wildman–Crippen MR) is 58.3 cm³/mol. The van der Waals surface area contributed by atoms with Crippen molar-refractivity contribution in [3.63, 3.8) is 0 Å². The standard InChI is InChI=1S/C10H19N3O3/c1-10(2,3)16-9(15)13-6-4-5-7(13)8(14)12-11/h7H,4-6,11H2,1-3H3,(H,12,14)/t7-/m1/s1. The Kier molecular flexibility index (Phi) is 3.74. The normalized spacial score (nSPS) is 20.8. The van der Waals surface area contributed by atoms with Gasteiger partial charge in [0.05, 0.1) is 0 Å². The monoisotopic (exact) mass is 229 g/mol. The molecular weight excluding hydrogens is 210 g/mol. The molecule has 0 aromatic carbocycles. The number of nitrogens with two attached hydrogens (primary N) is 1. The van der Waals surface area contributed by atoms with Gasteiger partial charge < -0.3 is 4.74 Å². The number of hydrogen-bond acceptors (Lipinski definition) is 4. The number of hydrogen-bond donors (Lipinski definition) is 2. The van der Waals surface area contributed by atoms with Crippen molar-refractivity contribution in [3.05, 3.63) is 0 Å². The van der Waals surface area contributed by atoms with Crippen molar-refractivity contribution in [2.24, 2.45) is 5.84 Å². The van der Waals surface area contributed by atoms with E-state index in [1.54, 1.807) is 20.8 Å². The molecule has 3 N–H and O–H groups in total. The van der Waals surface area contributed by atoms with Gasteiger partial charge in [-0.25, -0.2) is 10.6 Å². The first-order valence-electron chi connectivity index (χ1n) is 5.35. The van der Waals surface area contributed by atoms with Crippen molar-refractivity contribution in [2.75, 3.05) is 6.54 Å². The highest BCUT2D eigenvalue weighted by Crippen LogP contribution is 2.20. The van der Waals surface area contributed by atoms with E-state index in [9.17, 15) is 9.59 Å². The summed E-state index contributed by atoms with van der Waals surface area (Å²) < 4.78 is 5.21. The molecule has 0 aromatic heterocycles. The van der Waals surface area contributed by atoms with E-state index in [4.69, 9.17) is 10.6 Å². The summed E-state index contributed by atoms with van der Waals surface area (Å²) in [6.07, 6.45) is 0.957. The van der Waals surface area contributed by atoms with Crippen LogP contribution in [0.15, 0.2) is 0 Å². The van der Waals surface area contributed by atoms with Crippen molar-refractivity contribution < 1.29 is 14.3 Å². The maximum atomic E-state index is 11.8. The second kappa shape index (κ2) is 4.69. The van der Waals surface area contributed by atoms with E-state index in [1.165, 1.54) is 4.90 Å². The van der Waals surface area contributed by atoms with E-state index in [1.807, 2.05) is 0 Å². The second-order valence-corrected chi connectivity index (χ2v) is 4.84. The number of likely N-dealkylation sites (tertiary alicyclic amines) is 1. The van der Waals surface area contributed by atoms with Crippen LogP contribution in [0.2, 0.25) is 0 Å². The Morgan fingerprint density at radius 1 is 1.44 bits per heavy atom. The fraction of sp³-hybridized carbons (Fsp3) is 0.800. The lowest BCUT2D eigenvalue weighted by molar-refractivity contribution is -0.125. The maximum absolute atomic E-state index is 11.8. The molecule has 2 amide bonds. The zero-order valence-electron chi connectivity index (χ0n) is 9.95. The molecule has 92 valence electrons. The Labute approximate surface area is 95.1 Å². The molecule has 0 unspecified atom stereocenters. The van der Waals surface area contributed by atoms with Crippen LogP contribution in [0, 0.1) is 0 Å². The molecule has 6 nitrogen and oxygen atoms in total. The molecule has 1 fully saturated rings. The Morgan fingerprint density at radius 2 is 2.06 bits per heavy atom. The number of carbonyl (C=O) groups excluding carboxylic acids is 2. The molecule has 0 bridgehead atoms. The molecule has 0 spiro atoms. The number of rotatable bonds is 1. The lowest BCUT2D eigenvalue weighted by atomic mass is 10.2. The molecule has 16 heavy (non-hydrogen) atoms. The Bertz CT molecular complexity index is 286. The number of amides is 2. The van der Waals surface area contributed by atoms with Crippen LogP contribution in [0.25, 0.3) is 0 Å². The van der Waals surface area contributed by atoms with Gasteiger partial charge in [0.2, 0.25) is 0 Å². The SMILES string of the molecule is CC(C)(C)OC(=O)N1CCC[C@@H]1C(=O)NN. The van der Waals surface area contributed by atoms with Crippen LogP contribution < -0.4 is 11.3 Å². The number of hydrazine groups is 1. The van der Waals surface area contributed by atoms with Crippen LogP contribution in [0.5, 0.6) is 0 Å². The van der Waals surface area contributed by atoms with Gasteiger partial charge in [-0.1, -0.05) is 0 Å². The molecule has 1 saturated heterocycles. The van der Waals surface area contributed by atoms with Crippen molar-refractivity contribution >= 4 is 12.0 Å². The lowest BCUT2D eigenvalue weighted by Crippen LogP contribution is -2.49. The van der Waals surface area contributed by atoms with Gasteiger partial charge in [-0.05, 0) is 33.6 Å².